The van der Waals surface area contributed by atoms with Crippen molar-refractivity contribution in [1.29, 1.82) is 0 Å². The Morgan fingerprint density at radius 3 is 2.72 bits per heavy atom. The van der Waals surface area contributed by atoms with Crippen molar-refractivity contribution in [2.75, 3.05) is 13.1 Å². The van der Waals surface area contributed by atoms with Crippen molar-refractivity contribution < 1.29 is 0 Å². The highest BCUT2D eigenvalue weighted by Crippen LogP contribution is 2.29. The molecule has 0 aromatic carbocycles. The predicted molar refractivity (Wildman–Crippen MR) is 83.8 cm³/mol. The molecule has 0 unspecified atom stereocenters. The fourth-order valence-corrected chi connectivity index (χ4v) is 3.90. The van der Waals surface area contributed by atoms with Crippen LogP contribution in [0.5, 0.6) is 0 Å². The lowest BCUT2D eigenvalue weighted by Crippen LogP contribution is -2.37. The molecule has 0 spiro atoms. The fraction of sp³-hybridized carbons (Fsp3) is 0.571. The Labute approximate surface area is 117 Å². The second-order valence-electron chi connectivity index (χ2n) is 5.57. The fourth-order valence-electron chi connectivity index (χ4n) is 1.79. The van der Waals surface area contributed by atoms with Gasteiger partial charge in [-0.2, -0.15) is 0 Å². The van der Waals surface area contributed by atoms with E-state index in [9.17, 15) is 0 Å². The topological polar surface area (TPSA) is 24.1 Å². The molecule has 0 radical (unpaired) electrons. The monoisotopic (exact) mass is 282 g/mol. The van der Waals surface area contributed by atoms with Crippen LogP contribution < -0.4 is 10.6 Å². The molecule has 0 aliphatic rings. The van der Waals surface area contributed by atoms with Gasteiger partial charge in [-0.05, 0) is 57.8 Å². The van der Waals surface area contributed by atoms with Gasteiger partial charge in [-0.25, -0.2) is 0 Å². The quantitative estimate of drug-likeness (QED) is 0.787. The van der Waals surface area contributed by atoms with Crippen LogP contribution in [0, 0.1) is 0 Å². The zero-order valence-corrected chi connectivity index (χ0v) is 13.0. The first-order valence-corrected chi connectivity index (χ1v) is 8.16. The Morgan fingerprint density at radius 1 is 1.17 bits per heavy atom. The second-order valence-corrected chi connectivity index (χ2v) is 7.68. The molecule has 2 nitrogen and oxygen atoms in total. The summed E-state index contributed by atoms with van der Waals surface area (Å²) < 4.78 is 2.84. The Hall–Kier alpha value is -0.420. The van der Waals surface area contributed by atoms with Crippen LogP contribution in [0.1, 0.15) is 32.1 Å². The second kappa shape index (κ2) is 6.15. The lowest BCUT2D eigenvalue weighted by Gasteiger charge is -2.20. The number of hydrogen-bond acceptors (Lipinski definition) is 4. The molecule has 0 saturated heterocycles. The highest BCUT2D eigenvalue weighted by molar-refractivity contribution is 7.26. The molecular weight excluding hydrogens is 260 g/mol. The highest BCUT2D eigenvalue weighted by atomic mass is 32.1. The third kappa shape index (κ3) is 4.35. The SMILES string of the molecule is CC(C)(C)NCCCNCc1cc2sccc2s1. The van der Waals surface area contributed by atoms with Crippen molar-refractivity contribution in [2.45, 2.75) is 39.3 Å². The molecule has 0 fully saturated rings. The van der Waals surface area contributed by atoms with E-state index in [4.69, 9.17) is 0 Å². The molecule has 0 amide bonds. The standard InChI is InChI=1S/C14H22N2S2/c1-14(2,3)16-7-4-6-15-10-11-9-13-12(18-11)5-8-17-13/h5,8-9,15-16H,4,6-7,10H2,1-3H3. The molecule has 2 aromatic heterocycles. The van der Waals surface area contributed by atoms with Gasteiger partial charge in [0.2, 0.25) is 0 Å². The molecule has 4 heteroatoms. The largest absolute Gasteiger partial charge is 0.312 e. The molecule has 0 bridgehead atoms. The Morgan fingerprint density at radius 2 is 2.00 bits per heavy atom. The molecule has 0 aliphatic carbocycles. The zero-order chi connectivity index (χ0) is 13.0. The summed E-state index contributed by atoms with van der Waals surface area (Å²) in [5.74, 6) is 0. The van der Waals surface area contributed by atoms with Crippen molar-refractivity contribution in [3.8, 4) is 0 Å². The van der Waals surface area contributed by atoms with Crippen molar-refractivity contribution in [3.05, 3.63) is 22.4 Å². The van der Waals surface area contributed by atoms with Crippen molar-refractivity contribution >= 4 is 32.1 Å². The summed E-state index contributed by atoms with van der Waals surface area (Å²) >= 11 is 3.74. The Balaban J connectivity index is 1.62. The summed E-state index contributed by atoms with van der Waals surface area (Å²) in [4.78, 5) is 1.45. The van der Waals surface area contributed by atoms with Crippen molar-refractivity contribution in [3.63, 3.8) is 0 Å². The third-order valence-electron chi connectivity index (χ3n) is 2.68. The average Bonchev–Trinajstić information content (AvgIpc) is 2.81. The van der Waals surface area contributed by atoms with E-state index >= 15 is 0 Å². The summed E-state index contributed by atoms with van der Waals surface area (Å²) in [5.41, 5.74) is 0.234. The van der Waals surface area contributed by atoms with Gasteiger partial charge in [0.05, 0.1) is 0 Å². The molecular formula is C14H22N2S2. The van der Waals surface area contributed by atoms with E-state index in [2.05, 4.69) is 48.9 Å². The van der Waals surface area contributed by atoms with Crippen LogP contribution in [0.2, 0.25) is 0 Å². The van der Waals surface area contributed by atoms with Crippen LogP contribution in [0.4, 0.5) is 0 Å². The lowest BCUT2D eigenvalue weighted by molar-refractivity contribution is 0.418. The zero-order valence-electron chi connectivity index (χ0n) is 11.4. The van der Waals surface area contributed by atoms with Gasteiger partial charge in [0.15, 0.2) is 0 Å². The van der Waals surface area contributed by atoms with Crippen LogP contribution in [0.15, 0.2) is 17.5 Å². The molecule has 2 heterocycles. The first kappa shape index (κ1) is 14.0. The molecule has 0 aliphatic heterocycles. The third-order valence-corrected chi connectivity index (χ3v) is 4.77. The summed E-state index contributed by atoms with van der Waals surface area (Å²) in [6, 6.07) is 4.52. The summed E-state index contributed by atoms with van der Waals surface area (Å²) in [5, 5.41) is 9.18. The Bertz CT molecular complexity index is 451. The maximum Gasteiger partial charge on any atom is 0.0453 e. The van der Waals surface area contributed by atoms with E-state index in [1.165, 1.54) is 20.7 Å². The van der Waals surface area contributed by atoms with Gasteiger partial charge in [0.25, 0.3) is 0 Å². The number of thiophene rings is 2. The van der Waals surface area contributed by atoms with Gasteiger partial charge >= 0.3 is 0 Å². The minimum Gasteiger partial charge on any atom is -0.312 e. The molecule has 2 rings (SSSR count). The summed E-state index contributed by atoms with van der Waals surface area (Å²) in [6.45, 7) is 9.78. The molecule has 100 valence electrons. The van der Waals surface area contributed by atoms with E-state index in [0.717, 1.165) is 19.6 Å². The summed E-state index contributed by atoms with van der Waals surface area (Å²) in [6.07, 6.45) is 1.18. The first-order valence-electron chi connectivity index (χ1n) is 6.46. The smallest absolute Gasteiger partial charge is 0.0453 e. The Kier molecular flexibility index (Phi) is 4.78. The van der Waals surface area contributed by atoms with Crippen LogP contribution >= 0.6 is 22.7 Å². The van der Waals surface area contributed by atoms with E-state index < -0.39 is 0 Å². The first-order chi connectivity index (χ1) is 8.54. The van der Waals surface area contributed by atoms with E-state index in [1.54, 1.807) is 0 Å². The molecule has 18 heavy (non-hydrogen) atoms. The maximum atomic E-state index is 3.51. The minimum atomic E-state index is 0.234. The minimum absolute atomic E-state index is 0.234. The normalized spacial score (nSPS) is 12.4. The molecule has 2 N–H and O–H groups in total. The van der Waals surface area contributed by atoms with Crippen molar-refractivity contribution in [1.82, 2.24) is 10.6 Å². The predicted octanol–water partition coefficient (Wildman–Crippen LogP) is 3.83. The van der Waals surface area contributed by atoms with Gasteiger partial charge in [0, 0.05) is 26.4 Å². The maximum absolute atomic E-state index is 3.51. The van der Waals surface area contributed by atoms with Crippen molar-refractivity contribution in [2.24, 2.45) is 0 Å². The van der Waals surface area contributed by atoms with Crippen LogP contribution in [-0.4, -0.2) is 18.6 Å². The highest BCUT2D eigenvalue weighted by Gasteiger charge is 2.07. The van der Waals surface area contributed by atoms with Gasteiger partial charge in [0.1, 0.15) is 0 Å². The average molecular weight is 282 g/mol. The molecule has 0 atom stereocenters. The van der Waals surface area contributed by atoms with E-state index in [1.807, 2.05) is 22.7 Å². The van der Waals surface area contributed by atoms with Crippen LogP contribution in [0.3, 0.4) is 0 Å². The lowest BCUT2D eigenvalue weighted by atomic mass is 10.1. The summed E-state index contributed by atoms with van der Waals surface area (Å²) in [7, 11) is 0. The van der Waals surface area contributed by atoms with Crippen LogP contribution in [-0.2, 0) is 6.54 Å². The van der Waals surface area contributed by atoms with Gasteiger partial charge < -0.3 is 10.6 Å². The van der Waals surface area contributed by atoms with E-state index in [0.29, 0.717) is 0 Å². The van der Waals surface area contributed by atoms with Crippen LogP contribution in [0.25, 0.3) is 9.40 Å². The van der Waals surface area contributed by atoms with E-state index in [-0.39, 0.29) is 5.54 Å². The molecule has 0 saturated carbocycles. The number of hydrogen-bond donors (Lipinski definition) is 2. The van der Waals surface area contributed by atoms with Gasteiger partial charge in [-0.1, -0.05) is 0 Å². The van der Waals surface area contributed by atoms with Gasteiger partial charge in [-0.15, -0.1) is 22.7 Å². The number of rotatable bonds is 6. The number of fused-ring (bicyclic) bond motifs is 1. The molecule has 2 aromatic rings. The number of nitrogens with one attached hydrogen (secondary N) is 2. The van der Waals surface area contributed by atoms with Gasteiger partial charge in [-0.3, -0.25) is 0 Å².